The maximum Gasteiger partial charge on any atom is 0.170 e. The molecule has 0 aliphatic carbocycles. The van der Waals surface area contributed by atoms with E-state index in [1.54, 1.807) is 0 Å². The SMILES string of the molecule is CCOC1CCCN(c2nc3ccccn3c2C=O)C1. The lowest BCUT2D eigenvalue weighted by molar-refractivity contribution is 0.0525. The molecule has 0 bridgehead atoms. The second-order valence-corrected chi connectivity index (χ2v) is 5.03. The van der Waals surface area contributed by atoms with Crippen LogP contribution in [0, 0.1) is 0 Å². The van der Waals surface area contributed by atoms with Crippen molar-refractivity contribution in [2.45, 2.75) is 25.9 Å². The quantitative estimate of drug-likeness (QED) is 0.801. The van der Waals surface area contributed by atoms with Crippen LogP contribution in [0.1, 0.15) is 30.3 Å². The molecule has 1 fully saturated rings. The highest BCUT2D eigenvalue weighted by molar-refractivity contribution is 5.83. The summed E-state index contributed by atoms with van der Waals surface area (Å²) in [6, 6.07) is 5.75. The highest BCUT2D eigenvalue weighted by Gasteiger charge is 2.24. The summed E-state index contributed by atoms with van der Waals surface area (Å²) >= 11 is 0. The molecule has 106 valence electrons. The van der Waals surface area contributed by atoms with E-state index in [0.717, 1.165) is 50.3 Å². The van der Waals surface area contributed by atoms with Crippen LogP contribution in [0.15, 0.2) is 24.4 Å². The van der Waals surface area contributed by atoms with Gasteiger partial charge >= 0.3 is 0 Å². The van der Waals surface area contributed by atoms with E-state index in [0.29, 0.717) is 5.69 Å². The van der Waals surface area contributed by atoms with Crippen molar-refractivity contribution in [3.8, 4) is 0 Å². The van der Waals surface area contributed by atoms with Crippen molar-refractivity contribution in [1.29, 1.82) is 0 Å². The number of hydrogen-bond donors (Lipinski definition) is 0. The summed E-state index contributed by atoms with van der Waals surface area (Å²) in [6.07, 6.45) is 5.14. The first-order valence-electron chi connectivity index (χ1n) is 7.12. The highest BCUT2D eigenvalue weighted by atomic mass is 16.5. The van der Waals surface area contributed by atoms with Gasteiger partial charge in [-0.2, -0.15) is 0 Å². The predicted molar refractivity (Wildman–Crippen MR) is 77.4 cm³/mol. The summed E-state index contributed by atoms with van der Waals surface area (Å²) in [7, 11) is 0. The predicted octanol–water partition coefficient (Wildman–Crippen LogP) is 2.15. The first kappa shape index (κ1) is 13.1. The van der Waals surface area contributed by atoms with Gasteiger partial charge in [-0.1, -0.05) is 6.07 Å². The smallest absolute Gasteiger partial charge is 0.170 e. The van der Waals surface area contributed by atoms with Crippen LogP contribution in [0.4, 0.5) is 5.82 Å². The monoisotopic (exact) mass is 273 g/mol. The molecule has 1 aliphatic heterocycles. The largest absolute Gasteiger partial charge is 0.377 e. The fourth-order valence-corrected chi connectivity index (χ4v) is 2.85. The van der Waals surface area contributed by atoms with Gasteiger partial charge in [0, 0.05) is 25.9 Å². The van der Waals surface area contributed by atoms with Crippen LogP contribution in [0.5, 0.6) is 0 Å². The van der Waals surface area contributed by atoms with Crippen LogP contribution < -0.4 is 4.90 Å². The van der Waals surface area contributed by atoms with Crippen LogP contribution in [-0.4, -0.2) is 41.5 Å². The van der Waals surface area contributed by atoms with Crippen molar-refractivity contribution < 1.29 is 9.53 Å². The summed E-state index contributed by atoms with van der Waals surface area (Å²) in [5.74, 6) is 0.774. The van der Waals surface area contributed by atoms with Crippen LogP contribution in [0.25, 0.3) is 5.65 Å². The number of nitrogens with zero attached hydrogens (tertiary/aromatic N) is 3. The number of pyridine rings is 1. The number of imidazole rings is 1. The number of aldehydes is 1. The van der Waals surface area contributed by atoms with E-state index < -0.39 is 0 Å². The number of rotatable bonds is 4. The van der Waals surface area contributed by atoms with Crippen molar-refractivity contribution in [3.63, 3.8) is 0 Å². The molecule has 3 rings (SSSR count). The van der Waals surface area contributed by atoms with Gasteiger partial charge < -0.3 is 9.64 Å². The molecule has 0 N–H and O–H groups in total. The van der Waals surface area contributed by atoms with Gasteiger partial charge in [0.25, 0.3) is 0 Å². The Labute approximate surface area is 118 Å². The third-order valence-corrected chi connectivity index (χ3v) is 3.74. The van der Waals surface area contributed by atoms with E-state index in [9.17, 15) is 4.79 Å². The lowest BCUT2D eigenvalue weighted by atomic mass is 10.1. The maximum absolute atomic E-state index is 11.4. The number of fused-ring (bicyclic) bond motifs is 1. The zero-order chi connectivity index (χ0) is 13.9. The van der Waals surface area contributed by atoms with Crippen molar-refractivity contribution in [2.24, 2.45) is 0 Å². The first-order valence-corrected chi connectivity index (χ1v) is 7.12. The summed E-state index contributed by atoms with van der Waals surface area (Å²) in [5.41, 5.74) is 1.43. The molecule has 0 amide bonds. The molecule has 1 unspecified atom stereocenters. The van der Waals surface area contributed by atoms with E-state index in [1.165, 1.54) is 0 Å². The van der Waals surface area contributed by atoms with Gasteiger partial charge in [-0.15, -0.1) is 0 Å². The second-order valence-electron chi connectivity index (χ2n) is 5.03. The number of ether oxygens (including phenoxy) is 1. The van der Waals surface area contributed by atoms with Gasteiger partial charge in [-0.25, -0.2) is 4.98 Å². The summed E-state index contributed by atoms with van der Waals surface area (Å²) in [5, 5.41) is 0. The van der Waals surface area contributed by atoms with E-state index in [2.05, 4.69) is 9.88 Å². The molecule has 0 saturated carbocycles. The Morgan fingerprint density at radius 3 is 3.20 bits per heavy atom. The van der Waals surface area contributed by atoms with Gasteiger partial charge in [-0.05, 0) is 31.9 Å². The van der Waals surface area contributed by atoms with E-state index in [4.69, 9.17) is 4.74 Å². The molecule has 1 aliphatic rings. The Bertz CT molecular complexity index is 606. The van der Waals surface area contributed by atoms with Crippen molar-refractivity contribution in [2.75, 3.05) is 24.6 Å². The van der Waals surface area contributed by atoms with Crippen LogP contribution in [0.3, 0.4) is 0 Å². The molecular weight excluding hydrogens is 254 g/mol. The lowest BCUT2D eigenvalue weighted by Gasteiger charge is -2.32. The zero-order valence-electron chi connectivity index (χ0n) is 11.7. The summed E-state index contributed by atoms with van der Waals surface area (Å²) < 4.78 is 7.56. The van der Waals surface area contributed by atoms with Crippen LogP contribution in [0.2, 0.25) is 0 Å². The molecule has 1 saturated heterocycles. The fourth-order valence-electron chi connectivity index (χ4n) is 2.85. The van der Waals surface area contributed by atoms with Gasteiger partial charge in [0.1, 0.15) is 11.3 Å². The van der Waals surface area contributed by atoms with Gasteiger partial charge in [0.15, 0.2) is 12.1 Å². The van der Waals surface area contributed by atoms with E-state index in [-0.39, 0.29) is 6.10 Å². The molecule has 5 heteroatoms. The average molecular weight is 273 g/mol. The Kier molecular flexibility index (Phi) is 3.69. The minimum atomic E-state index is 0.234. The second kappa shape index (κ2) is 5.63. The fraction of sp³-hybridized carbons (Fsp3) is 0.467. The average Bonchev–Trinajstić information content (AvgIpc) is 2.86. The zero-order valence-corrected chi connectivity index (χ0v) is 11.7. The molecule has 0 spiro atoms. The molecule has 3 heterocycles. The minimum absolute atomic E-state index is 0.234. The van der Waals surface area contributed by atoms with Crippen molar-refractivity contribution in [3.05, 3.63) is 30.1 Å². The number of carbonyl (C=O) groups excluding carboxylic acids is 1. The number of piperidine rings is 1. The number of aromatic nitrogens is 2. The topological polar surface area (TPSA) is 46.8 Å². The van der Waals surface area contributed by atoms with Crippen molar-refractivity contribution >= 4 is 17.8 Å². The molecule has 5 nitrogen and oxygen atoms in total. The minimum Gasteiger partial charge on any atom is -0.377 e. The Morgan fingerprint density at radius 1 is 1.50 bits per heavy atom. The van der Waals surface area contributed by atoms with Gasteiger partial charge in [0.2, 0.25) is 0 Å². The maximum atomic E-state index is 11.4. The Hall–Kier alpha value is -1.88. The van der Waals surface area contributed by atoms with E-state index in [1.807, 2.05) is 35.7 Å². The Morgan fingerprint density at radius 2 is 2.40 bits per heavy atom. The highest BCUT2D eigenvalue weighted by Crippen LogP contribution is 2.24. The van der Waals surface area contributed by atoms with Gasteiger partial charge in [-0.3, -0.25) is 9.20 Å². The normalized spacial score (nSPS) is 19.4. The van der Waals surface area contributed by atoms with Gasteiger partial charge in [0.05, 0.1) is 6.10 Å². The summed E-state index contributed by atoms with van der Waals surface area (Å²) in [6.45, 7) is 4.47. The van der Waals surface area contributed by atoms with Crippen LogP contribution >= 0.6 is 0 Å². The first-order chi connectivity index (χ1) is 9.83. The molecule has 2 aromatic heterocycles. The Balaban J connectivity index is 1.94. The molecule has 0 radical (unpaired) electrons. The summed E-state index contributed by atoms with van der Waals surface area (Å²) in [4.78, 5) is 18.2. The number of anilines is 1. The molecule has 0 aromatic carbocycles. The van der Waals surface area contributed by atoms with E-state index >= 15 is 0 Å². The standard InChI is InChI=1S/C15H19N3O2/c1-2-20-12-6-5-8-17(10-12)15-13(11-19)18-9-4-3-7-14(18)16-15/h3-4,7,9,11-12H,2,5-6,8,10H2,1H3. The molecule has 2 aromatic rings. The van der Waals surface area contributed by atoms with Crippen LogP contribution in [-0.2, 0) is 4.74 Å². The number of hydrogen-bond acceptors (Lipinski definition) is 4. The molecule has 20 heavy (non-hydrogen) atoms. The molecule has 1 atom stereocenters. The molecular formula is C15H19N3O2. The third-order valence-electron chi connectivity index (χ3n) is 3.74. The lowest BCUT2D eigenvalue weighted by Crippen LogP contribution is -2.40. The third kappa shape index (κ3) is 2.29. The van der Waals surface area contributed by atoms with Crippen molar-refractivity contribution in [1.82, 2.24) is 9.38 Å². The number of carbonyl (C=O) groups is 1.